The van der Waals surface area contributed by atoms with E-state index in [1.54, 1.807) is 7.05 Å². The Bertz CT molecular complexity index is 600. The number of hydrogen-bond acceptors (Lipinski definition) is 3. The standard InChI is InChI=1S/C14H18BrNO3S/c1-16(10-11-6-2-3-7-12(11)15)14(17)13-8-4-5-9-20(13,18)19/h2-3,6-7,13H,4-5,8-10H2,1H3. The van der Waals surface area contributed by atoms with E-state index in [-0.39, 0.29) is 11.7 Å². The van der Waals surface area contributed by atoms with Crippen molar-refractivity contribution >= 4 is 31.7 Å². The van der Waals surface area contributed by atoms with Crippen LogP contribution in [0.3, 0.4) is 0 Å². The van der Waals surface area contributed by atoms with Crippen LogP contribution >= 0.6 is 15.9 Å². The first-order valence-electron chi connectivity index (χ1n) is 6.62. The summed E-state index contributed by atoms with van der Waals surface area (Å²) >= 11 is 3.44. The molecule has 1 saturated heterocycles. The number of halogens is 1. The van der Waals surface area contributed by atoms with Crippen molar-refractivity contribution in [2.75, 3.05) is 12.8 Å². The summed E-state index contributed by atoms with van der Waals surface area (Å²) in [5.74, 6) is -0.160. The largest absolute Gasteiger partial charge is 0.340 e. The van der Waals surface area contributed by atoms with Crippen molar-refractivity contribution in [3.63, 3.8) is 0 Å². The second kappa shape index (κ2) is 6.26. The summed E-state index contributed by atoms with van der Waals surface area (Å²) in [5.41, 5.74) is 0.969. The molecule has 0 spiro atoms. The smallest absolute Gasteiger partial charge is 0.240 e. The van der Waals surface area contributed by atoms with Gasteiger partial charge >= 0.3 is 0 Å². The molecule has 6 heteroatoms. The van der Waals surface area contributed by atoms with Crippen LogP contribution in [0.5, 0.6) is 0 Å². The van der Waals surface area contributed by atoms with E-state index >= 15 is 0 Å². The predicted octanol–water partition coefficient (Wildman–Crippen LogP) is 2.37. The Hall–Kier alpha value is -0.880. The van der Waals surface area contributed by atoms with Crippen LogP contribution in [0.4, 0.5) is 0 Å². The highest BCUT2D eigenvalue weighted by Gasteiger charge is 2.36. The molecule has 2 rings (SSSR count). The van der Waals surface area contributed by atoms with Crippen molar-refractivity contribution in [2.45, 2.75) is 31.1 Å². The minimum Gasteiger partial charge on any atom is -0.340 e. The van der Waals surface area contributed by atoms with E-state index in [9.17, 15) is 13.2 Å². The van der Waals surface area contributed by atoms with Gasteiger partial charge in [-0.2, -0.15) is 0 Å². The monoisotopic (exact) mass is 359 g/mol. The molecule has 0 bridgehead atoms. The number of carbonyl (C=O) groups is 1. The van der Waals surface area contributed by atoms with Gasteiger partial charge in [-0.25, -0.2) is 8.42 Å². The summed E-state index contributed by atoms with van der Waals surface area (Å²) in [6.45, 7) is 0.409. The second-order valence-corrected chi connectivity index (χ2v) is 8.29. The summed E-state index contributed by atoms with van der Waals surface area (Å²) in [6, 6.07) is 7.63. The molecule has 0 saturated carbocycles. The number of amides is 1. The van der Waals surface area contributed by atoms with Crippen LogP contribution in [0.1, 0.15) is 24.8 Å². The molecule has 0 N–H and O–H groups in total. The molecule has 4 nitrogen and oxygen atoms in total. The van der Waals surface area contributed by atoms with Gasteiger partial charge in [0.05, 0.1) is 5.75 Å². The third-order valence-electron chi connectivity index (χ3n) is 3.60. The Morgan fingerprint density at radius 3 is 2.70 bits per heavy atom. The van der Waals surface area contributed by atoms with Gasteiger partial charge in [-0.1, -0.05) is 40.5 Å². The van der Waals surface area contributed by atoms with Crippen LogP contribution in [0.15, 0.2) is 28.7 Å². The molecular weight excluding hydrogens is 342 g/mol. The highest BCUT2D eigenvalue weighted by Crippen LogP contribution is 2.23. The fourth-order valence-electron chi connectivity index (χ4n) is 2.44. The number of nitrogens with zero attached hydrogens (tertiary/aromatic N) is 1. The van der Waals surface area contributed by atoms with Gasteiger partial charge in [0.2, 0.25) is 5.91 Å². The van der Waals surface area contributed by atoms with Gasteiger partial charge in [0.1, 0.15) is 5.25 Å². The lowest BCUT2D eigenvalue weighted by Crippen LogP contribution is -2.43. The number of benzene rings is 1. The summed E-state index contributed by atoms with van der Waals surface area (Å²) in [7, 11) is -1.61. The zero-order valence-corrected chi connectivity index (χ0v) is 13.8. The third kappa shape index (κ3) is 3.41. The highest BCUT2D eigenvalue weighted by atomic mass is 79.9. The van der Waals surface area contributed by atoms with Crippen LogP contribution in [0.25, 0.3) is 0 Å². The molecule has 1 aliphatic rings. The van der Waals surface area contributed by atoms with Crippen LogP contribution in [0.2, 0.25) is 0 Å². The quantitative estimate of drug-likeness (QED) is 0.832. The molecule has 1 atom stereocenters. The van der Waals surface area contributed by atoms with E-state index in [4.69, 9.17) is 0 Å². The molecule has 1 fully saturated rings. The number of sulfone groups is 1. The van der Waals surface area contributed by atoms with E-state index in [0.29, 0.717) is 19.4 Å². The summed E-state index contributed by atoms with van der Waals surface area (Å²) in [4.78, 5) is 13.9. The van der Waals surface area contributed by atoms with Crippen LogP contribution in [-0.4, -0.2) is 37.3 Å². The lowest BCUT2D eigenvalue weighted by Gasteiger charge is -2.26. The van der Waals surface area contributed by atoms with Crippen LogP contribution < -0.4 is 0 Å². The predicted molar refractivity (Wildman–Crippen MR) is 82.0 cm³/mol. The first kappa shape index (κ1) is 15.5. The van der Waals surface area contributed by atoms with E-state index in [0.717, 1.165) is 16.5 Å². The average molecular weight is 360 g/mol. The van der Waals surface area contributed by atoms with Gasteiger partial charge in [-0.3, -0.25) is 4.79 Å². The fraction of sp³-hybridized carbons (Fsp3) is 0.500. The SMILES string of the molecule is CN(Cc1ccccc1Br)C(=O)C1CCCCS1(=O)=O. The Kier molecular flexibility index (Phi) is 4.86. The third-order valence-corrected chi connectivity index (χ3v) is 6.53. The number of hydrogen-bond donors (Lipinski definition) is 0. The fourth-order valence-corrected chi connectivity index (χ4v) is 4.75. The first-order valence-corrected chi connectivity index (χ1v) is 9.12. The molecule has 1 aromatic carbocycles. The van der Waals surface area contributed by atoms with E-state index in [1.807, 2.05) is 24.3 Å². The molecule has 1 heterocycles. The zero-order chi connectivity index (χ0) is 14.8. The van der Waals surface area contributed by atoms with E-state index in [2.05, 4.69) is 15.9 Å². The van der Waals surface area contributed by atoms with Gasteiger partial charge < -0.3 is 4.90 Å². The maximum Gasteiger partial charge on any atom is 0.240 e. The summed E-state index contributed by atoms with van der Waals surface area (Å²) in [5, 5.41) is -0.858. The van der Waals surface area contributed by atoms with Crippen molar-refractivity contribution in [1.29, 1.82) is 0 Å². The average Bonchev–Trinajstić information content (AvgIpc) is 2.40. The lowest BCUT2D eigenvalue weighted by atomic mass is 10.1. The molecule has 1 unspecified atom stereocenters. The molecule has 20 heavy (non-hydrogen) atoms. The summed E-state index contributed by atoms with van der Waals surface area (Å²) in [6.07, 6.45) is 1.92. The van der Waals surface area contributed by atoms with Crippen molar-refractivity contribution < 1.29 is 13.2 Å². The van der Waals surface area contributed by atoms with Gasteiger partial charge in [-0.05, 0) is 24.5 Å². The Morgan fingerprint density at radius 1 is 1.35 bits per heavy atom. The molecule has 0 radical (unpaired) electrons. The second-order valence-electron chi connectivity index (χ2n) is 5.14. The summed E-state index contributed by atoms with van der Waals surface area (Å²) < 4.78 is 24.9. The van der Waals surface area contributed by atoms with E-state index in [1.165, 1.54) is 4.90 Å². The van der Waals surface area contributed by atoms with Gasteiger partial charge in [0, 0.05) is 18.1 Å². The molecular formula is C14H18BrNO3S. The molecule has 110 valence electrons. The molecule has 1 aliphatic heterocycles. The van der Waals surface area contributed by atoms with Crippen molar-refractivity contribution in [3.8, 4) is 0 Å². The Balaban J connectivity index is 2.11. The number of carbonyl (C=O) groups excluding carboxylic acids is 1. The van der Waals surface area contributed by atoms with Crippen molar-refractivity contribution in [1.82, 2.24) is 4.90 Å². The Morgan fingerprint density at radius 2 is 2.05 bits per heavy atom. The zero-order valence-electron chi connectivity index (χ0n) is 11.4. The maximum absolute atomic E-state index is 12.4. The maximum atomic E-state index is 12.4. The van der Waals surface area contributed by atoms with E-state index < -0.39 is 15.1 Å². The van der Waals surface area contributed by atoms with Gasteiger partial charge in [-0.15, -0.1) is 0 Å². The Labute approximate surface area is 128 Å². The van der Waals surface area contributed by atoms with Gasteiger partial charge in [0.15, 0.2) is 9.84 Å². The topological polar surface area (TPSA) is 54.5 Å². The minimum absolute atomic E-state index is 0.131. The molecule has 1 aromatic rings. The van der Waals surface area contributed by atoms with Crippen molar-refractivity contribution in [2.24, 2.45) is 0 Å². The van der Waals surface area contributed by atoms with Crippen LogP contribution in [0, 0.1) is 0 Å². The lowest BCUT2D eigenvalue weighted by molar-refractivity contribution is -0.130. The molecule has 0 aliphatic carbocycles. The molecule has 1 amide bonds. The molecule has 0 aromatic heterocycles. The van der Waals surface area contributed by atoms with Gasteiger partial charge in [0.25, 0.3) is 0 Å². The van der Waals surface area contributed by atoms with Crippen LogP contribution in [-0.2, 0) is 21.2 Å². The minimum atomic E-state index is -3.27. The first-order chi connectivity index (χ1) is 9.42. The normalized spacial score (nSPS) is 21.4. The van der Waals surface area contributed by atoms with Crippen molar-refractivity contribution in [3.05, 3.63) is 34.3 Å². The highest BCUT2D eigenvalue weighted by molar-refractivity contribution is 9.10. The number of rotatable bonds is 3.